The number of aromatic amines is 1. The molecule has 34 heavy (non-hydrogen) atoms. The van der Waals surface area contributed by atoms with Crippen LogP contribution >= 0.6 is 0 Å². The van der Waals surface area contributed by atoms with Crippen LogP contribution < -0.4 is 11.2 Å². The summed E-state index contributed by atoms with van der Waals surface area (Å²) in [6.07, 6.45) is -2.72. The molecule has 4 atom stereocenters. The van der Waals surface area contributed by atoms with Gasteiger partial charge in [0.1, 0.15) is 18.3 Å². The fraction of sp³-hybridized carbons (Fsp3) is 0.231. The average Bonchev–Trinajstić information content (AvgIpc) is 3.16. The topological polar surface area (TPSA) is 114 Å². The lowest BCUT2D eigenvalue weighted by atomic mass is 9.92. The van der Waals surface area contributed by atoms with Gasteiger partial charge in [0.2, 0.25) is 0 Å². The summed E-state index contributed by atoms with van der Waals surface area (Å²) in [5, 5.41) is 27.2. The number of nitrogens with one attached hydrogen (secondary N) is 1. The summed E-state index contributed by atoms with van der Waals surface area (Å²) >= 11 is 0. The maximum atomic E-state index is 12.3. The van der Waals surface area contributed by atoms with Gasteiger partial charge in [-0.3, -0.25) is 14.3 Å². The predicted octanol–water partition coefficient (Wildman–Crippen LogP) is 2.27. The van der Waals surface area contributed by atoms with Gasteiger partial charge in [0, 0.05) is 12.3 Å². The fourth-order valence-electron chi connectivity index (χ4n) is 5.01. The number of hydrogen-bond acceptors (Lipinski definition) is 6. The number of aliphatic hydroxyl groups excluding tert-OH is 2. The van der Waals surface area contributed by atoms with Crippen LogP contribution in [0.4, 0.5) is 0 Å². The fourth-order valence-corrected chi connectivity index (χ4v) is 5.01. The van der Waals surface area contributed by atoms with Crippen molar-refractivity contribution >= 4 is 32.3 Å². The summed E-state index contributed by atoms with van der Waals surface area (Å²) < 4.78 is 13.0. The summed E-state index contributed by atoms with van der Waals surface area (Å²) in [5.74, 6) is 0. The minimum absolute atomic E-state index is 0.159. The molecule has 1 fully saturated rings. The smallest absolute Gasteiger partial charge is 0.330 e. The Morgan fingerprint density at radius 2 is 1.65 bits per heavy atom. The molecule has 0 amide bonds. The minimum atomic E-state index is -1.16. The van der Waals surface area contributed by atoms with Crippen molar-refractivity contribution < 1.29 is 19.7 Å². The van der Waals surface area contributed by atoms with E-state index in [0.717, 1.165) is 37.1 Å². The summed E-state index contributed by atoms with van der Waals surface area (Å²) in [7, 11) is 0. The van der Waals surface area contributed by atoms with Crippen LogP contribution in [0, 0.1) is 0 Å². The van der Waals surface area contributed by atoms with E-state index in [1.54, 1.807) is 0 Å². The Morgan fingerprint density at radius 3 is 2.38 bits per heavy atom. The maximum Gasteiger partial charge on any atom is 0.330 e. The maximum absolute atomic E-state index is 12.3. The number of ether oxygens (including phenoxy) is 2. The van der Waals surface area contributed by atoms with E-state index in [0.29, 0.717) is 0 Å². The third-order valence-corrected chi connectivity index (χ3v) is 6.67. The van der Waals surface area contributed by atoms with E-state index in [9.17, 15) is 19.8 Å². The van der Waals surface area contributed by atoms with Crippen molar-refractivity contribution in [2.24, 2.45) is 0 Å². The highest BCUT2D eigenvalue weighted by Crippen LogP contribution is 2.37. The van der Waals surface area contributed by atoms with E-state index in [1.807, 2.05) is 12.1 Å². The Labute approximate surface area is 192 Å². The largest absolute Gasteiger partial charge is 0.394 e. The van der Waals surface area contributed by atoms with Crippen LogP contribution in [0.25, 0.3) is 32.3 Å². The van der Waals surface area contributed by atoms with Gasteiger partial charge in [-0.25, -0.2) is 4.79 Å². The molecule has 0 radical (unpaired) electrons. The molecule has 1 aliphatic heterocycles. The molecule has 172 valence electrons. The molecule has 0 aliphatic carbocycles. The Morgan fingerprint density at radius 1 is 0.941 bits per heavy atom. The monoisotopic (exact) mass is 458 g/mol. The standard InChI is InChI=1S/C26H22N2O6/c29-12-19-23(31)24(25(34-19)28-11-10-20(30)27-26(28)32)33-13-17-7-6-16-5-4-14-2-1-3-15-8-9-18(17)22(16)21(14)15/h1-11,19,23-25,29,31H,12-13H2,(H,27,30,32). The number of hydrogen-bond donors (Lipinski definition) is 3. The highest BCUT2D eigenvalue weighted by Gasteiger charge is 2.45. The number of aromatic nitrogens is 2. The van der Waals surface area contributed by atoms with Gasteiger partial charge in [0.15, 0.2) is 6.23 Å². The molecule has 4 aromatic carbocycles. The first-order valence-corrected chi connectivity index (χ1v) is 11.1. The average molecular weight is 458 g/mol. The van der Waals surface area contributed by atoms with E-state index < -0.39 is 42.4 Å². The Kier molecular flexibility index (Phi) is 4.96. The van der Waals surface area contributed by atoms with Gasteiger partial charge < -0.3 is 19.7 Å². The molecule has 8 heteroatoms. The molecule has 0 saturated carbocycles. The van der Waals surface area contributed by atoms with Crippen molar-refractivity contribution in [3.8, 4) is 0 Å². The van der Waals surface area contributed by atoms with Crippen LogP contribution in [0.15, 0.2) is 76.4 Å². The first-order valence-electron chi connectivity index (χ1n) is 11.1. The van der Waals surface area contributed by atoms with Crippen LogP contribution in [0.3, 0.4) is 0 Å². The molecule has 2 heterocycles. The van der Waals surface area contributed by atoms with Gasteiger partial charge in [0.05, 0.1) is 13.2 Å². The number of nitrogens with zero attached hydrogens (tertiary/aromatic N) is 1. The van der Waals surface area contributed by atoms with E-state index >= 15 is 0 Å². The molecule has 6 rings (SSSR count). The van der Waals surface area contributed by atoms with Gasteiger partial charge in [-0.05, 0) is 37.9 Å². The van der Waals surface area contributed by atoms with Gasteiger partial charge in [0.25, 0.3) is 5.56 Å². The lowest BCUT2D eigenvalue weighted by Crippen LogP contribution is -2.39. The van der Waals surface area contributed by atoms with Gasteiger partial charge >= 0.3 is 5.69 Å². The van der Waals surface area contributed by atoms with E-state index in [-0.39, 0.29) is 6.61 Å². The summed E-state index contributed by atoms with van der Waals surface area (Å²) in [5.41, 5.74) is -0.290. The zero-order valence-electron chi connectivity index (χ0n) is 18.0. The zero-order valence-corrected chi connectivity index (χ0v) is 18.0. The lowest BCUT2D eigenvalue weighted by molar-refractivity contribution is -0.0795. The van der Waals surface area contributed by atoms with Crippen molar-refractivity contribution in [2.45, 2.75) is 31.1 Å². The van der Waals surface area contributed by atoms with Crippen LogP contribution in [-0.2, 0) is 16.1 Å². The minimum Gasteiger partial charge on any atom is -0.394 e. The summed E-state index contributed by atoms with van der Waals surface area (Å²) in [6.45, 7) is -0.277. The number of benzene rings is 4. The van der Waals surface area contributed by atoms with E-state index in [2.05, 4.69) is 47.4 Å². The van der Waals surface area contributed by atoms with Gasteiger partial charge in [-0.15, -0.1) is 0 Å². The van der Waals surface area contributed by atoms with Crippen molar-refractivity contribution in [1.82, 2.24) is 9.55 Å². The molecule has 1 saturated heterocycles. The van der Waals surface area contributed by atoms with Gasteiger partial charge in [-0.1, -0.05) is 54.6 Å². The van der Waals surface area contributed by atoms with Crippen molar-refractivity contribution in [3.05, 3.63) is 93.3 Å². The van der Waals surface area contributed by atoms with Crippen LogP contribution in [0.2, 0.25) is 0 Å². The third-order valence-electron chi connectivity index (χ3n) is 6.67. The number of aliphatic hydroxyl groups is 2. The third kappa shape index (κ3) is 3.23. The Hall–Kier alpha value is -3.56. The van der Waals surface area contributed by atoms with Crippen LogP contribution in [0.5, 0.6) is 0 Å². The van der Waals surface area contributed by atoms with Crippen molar-refractivity contribution in [1.29, 1.82) is 0 Å². The van der Waals surface area contributed by atoms with E-state index in [1.165, 1.54) is 17.6 Å². The normalized spacial score (nSPS) is 22.9. The SMILES string of the molecule is O=c1ccn(C2OC(CO)C(O)C2OCc2ccc3ccc4cccc5ccc2c3c45)c(=O)[nH]1. The first-order chi connectivity index (χ1) is 16.5. The van der Waals surface area contributed by atoms with E-state index in [4.69, 9.17) is 9.47 Å². The van der Waals surface area contributed by atoms with Crippen LogP contribution in [0.1, 0.15) is 11.8 Å². The second-order valence-corrected chi connectivity index (χ2v) is 8.61. The Bertz CT molecular complexity index is 1610. The highest BCUT2D eigenvalue weighted by molar-refractivity contribution is 6.23. The number of rotatable bonds is 5. The molecule has 4 unspecified atom stereocenters. The molecule has 1 aliphatic rings. The molecule has 8 nitrogen and oxygen atoms in total. The predicted molar refractivity (Wildman–Crippen MR) is 127 cm³/mol. The van der Waals surface area contributed by atoms with Crippen molar-refractivity contribution in [2.75, 3.05) is 6.61 Å². The number of H-pyrrole nitrogens is 1. The highest BCUT2D eigenvalue weighted by atomic mass is 16.6. The first kappa shape index (κ1) is 21.0. The summed E-state index contributed by atoms with van der Waals surface area (Å²) in [4.78, 5) is 26.0. The lowest BCUT2D eigenvalue weighted by Gasteiger charge is -2.23. The molecule has 5 aromatic rings. The molecule has 1 aromatic heterocycles. The molecule has 3 N–H and O–H groups in total. The van der Waals surface area contributed by atoms with Gasteiger partial charge in [-0.2, -0.15) is 0 Å². The quantitative estimate of drug-likeness (QED) is 0.348. The van der Waals surface area contributed by atoms with Crippen LogP contribution in [-0.4, -0.2) is 44.7 Å². The second-order valence-electron chi connectivity index (χ2n) is 8.61. The molecular weight excluding hydrogens is 436 g/mol. The Balaban J connectivity index is 1.38. The molecular formula is C26H22N2O6. The summed E-state index contributed by atoms with van der Waals surface area (Å²) in [6, 6.07) is 19.9. The second kappa shape index (κ2) is 8.03. The molecule has 0 spiro atoms. The zero-order chi connectivity index (χ0) is 23.4. The van der Waals surface area contributed by atoms with Crippen molar-refractivity contribution in [3.63, 3.8) is 0 Å². The molecule has 0 bridgehead atoms.